The lowest BCUT2D eigenvalue weighted by atomic mass is 9.84. The molecule has 3 nitrogen and oxygen atoms in total. The molecule has 3 rings (SSSR count). The Hall–Kier alpha value is -1.00. The molecule has 1 spiro atoms. The summed E-state index contributed by atoms with van der Waals surface area (Å²) in [6, 6.07) is 1.63. The Labute approximate surface area is 126 Å². The summed E-state index contributed by atoms with van der Waals surface area (Å²) in [5, 5.41) is 3.77. The van der Waals surface area contributed by atoms with Crippen molar-refractivity contribution in [1.82, 2.24) is 15.2 Å². The van der Waals surface area contributed by atoms with Crippen LogP contribution in [0.3, 0.4) is 0 Å². The van der Waals surface area contributed by atoms with Crippen LogP contribution in [0.2, 0.25) is 0 Å². The molecular weight excluding hydrogens is 265 g/mol. The topological polar surface area (TPSA) is 28.2 Å². The van der Waals surface area contributed by atoms with Gasteiger partial charge < -0.3 is 5.32 Å². The van der Waals surface area contributed by atoms with Gasteiger partial charge >= 0.3 is 0 Å². The van der Waals surface area contributed by atoms with E-state index in [1.54, 1.807) is 12.3 Å². The van der Waals surface area contributed by atoms with Gasteiger partial charge in [-0.05, 0) is 37.8 Å². The molecule has 1 N–H and O–H groups in total. The van der Waals surface area contributed by atoms with Crippen LogP contribution in [0.15, 0.2) is 18.5 Å². The Morgan fingerprint density at radius 1 is 1.33 bits per heavy atom. The van der Waals surface area contributed by atoms with Crippen LogP contribution in [0, 0.1) is 5.82 Å². The number of nitrogens with zero attached hydrogens (tertiary/aromatic N) is 2. The highest BCUT2D eigenvalue weighted by Gasteiger charge is 2.46. The molecule has 0 bridgehead atoms. The number of halogens is 1. The third-order valence-electron chi connectivity index (χ3n) is 5.50. The normalized spacial score (nSPS) is 29.1. The second-order valence-electron chi connectivity index (χ2n) is 7.07. The van der Waals surface area contributed by atoms with Crippen molar-refractivity contribution in [2.75, 3.05) is 13.1 Å². The minimum absolute atomic E-state index is 0.161. The number of hydrogen-bond donors (Lipinski definition) is 1. The van der Waals surface area contributed by atoms with Crippen molar-refractivity contribution in [1.29, 1.82) is 0 Å². The first kappa shape index (κ1) is 14.9. The van der Waals surface area contributed by atoms with Crippen LogP contribution in [0.1, 0.15) is 51.5 Å². The Morgan fingerprint density at radius 2 is 2.10 bits per heavy atom. The molecule has 2 aliphatic rings. The number of aromatic nitrogens is 1. The number of hydrogen-bond acceptors (Lipinski definition) is 3. The summed E-state index contributed by atoms with van der Waals surface area (Å²) in [6.45, 7) is 7.43. The van der Waals surface area contributed by atoms with Gasteiger partial charge in [-0.1, -0.05) is 19.8 Å². The largest absolute Gasteiger partial charge is 0.308 e. The van der Waals surface area contributed by atoms with E-state index in [-0.39, 0.29) is 16.9 Å². The zero-order valence-electron chi connectivity index (χ0n) is 13.2. The zero-order chi connectivity index (χ0) is 14.9. The second kappa shape index (κ2) is 5.65. The highest BCUT2D eigenvalue weighted by molar-refractivity contribution is 5.13. The molecule has 2 fully saturated rings. The minimum Gasteiger partial charge on any atom is -0.308 e. The van der Waals surface area contributed by atoms with Gasteiger partial charge in [0, 0.05) is 36.9 Å². The third-order valence-corrected chi connectivity index (χ3v) is 5.50. The molecule has 1 saturated carbocycles. The van der Waals surface area contributed by atoms with Crippen LogP contribution in [0.25, 0.3) is 0 Å². The van der Waals surface area contributed by atoms with Crippen molar-refractivity contribution in [3.05, 3.63) is 29.8 Å². The van der Waals surface area contributed by atoms with Crippen molar-refractivity contribution in [2.24, 2.45) is 0 Å². The number of rotatable bonds is 3. The van der Waals surface area contributed by atoms with E-state index < -0.39 is 0 Å². The van der Waals surface area contributed by atoms with E-state index in [4.69, 9.17) is 0 Å². The lowest BCUT2D eigenvalue weighted by Gasteiger charge is -2.52. The lowest BCUT2D eigenvalue weighted by molar-refractivity contribution is 0.00520. The minimum atomic E-state index is -0.235. The molecule has 1 aromatic rings. The van der Waals surface area contributed by atoms with E-state index in [1.165, 1.54) is 31.9 Å². The first-order chi connectivity index (χ1) is 10.1. The standard InChI is InChI=1S/C17H26FN3/c1-3-16(2)13-21(11-14-8-15(18)10-19-9-14)17(12-20-16)6-4-5-7-17/h8-10,20H,3-7,11-13H2,1-2H3. The Balaban J connectivity index is 1.83. The summed E-state index contributed by atoms with van der Waals surface area (Å²) in [4.78, 5) is 6.60. The second-order valence-corrected chi connectivity index (χ2v) is 7.07. The maximum atomic E-state index is 13.4. The van der Waals surface area contributed by atoms with E-state index in [2.05, 4.69) is 29.0 Å². The van der Waals surface area contributed by atoms with Gasteiger partial charge in [0.25, 0.3) is 0 Å². The smallest absolute Gasteiger partial charge is 0.141 e. The number of piperazine rings is 1. The fraction of sp³-hybridized carbons (Fsp3) is 0.706. The molecule has 1 saturated heterocycles. The Morgan fingerprint density at radius 3 is 2.76 bits per heavy atom. The monoisotopic (exact) mass is 291 g/mol. The van der Waals surface area contributed by atoms with E-state index in [0.29, 0.717) is 0 Å². The summed E-state index contributed by atoms with van der Waals surface area (Å²) >= 11 is 0. The highest BCUT2D eigenvalue weighted by Crippen LogP contribution is 2.39. The molecule has 1 atom stereocenters. The predicted molar refractivity (Wildman–Crippen MR) is 82.5 cm³/mol. The summed E-state index contributed by atoms with van der Waals surface area (Å²) in [6.07, 6.45) is 9.32. The van der Waals surface area contributed by atoms with Gasteiger partial charge in [-0.2, -0.15) is 0 Å². The first-order valence-corrected chi connectivity index (χ1v) is 8.15. The average molecular weight is 291 g/mol. The van der Waals surface area contributed by atoms with Crippen LogP contribution in [0.4, 0.5) is 4.39 Å². The molecule has 21 heavy (non-hydrogen) atoms. The van der Waals surface area contributed by atoms with Gasteiger partial charge in [0.2, 0.25) is 0 Å². The Kier molecular flexibility index (Phi) is 4.02. The van der Waals surface area contributed by atoms with E-state index in [9.17, 15) is 4.39 Å². The zero-order valence-corrected chi connectivity index (χ0v) is 13.2. The van der Waals surface area contributed by atoms with Gasteiger partial charge in [-0.3, -0.25) is 9.88 Å². The van der Waals surface area contributed by atoms with E-state index >= 15 is 0 Å². The van der Waals surface area contributed by atoms with Crippen LogP contribution >= 0.6 is 0 Å². The quantitative estimate of drug-likeness (QED) is 0.927. The SMILES string of the molecule is CCC1(C)CN(Cc2cncc(F)c2)C2(CCCC2)CN1. The van der Waals surface area contributed by atoms with Crippen LogP contribution in [-0.4, -0.2) is 34.1 Å². The summed E-state index contributed by atoms with van der Waals surface area (Å²) in [5.41, 5.74) is 1.41. The molecule has 2 heterocycles. The van der Waals surface area contributed by atoms with Crippen molar-refractivity contribution < 1.29 is 4.39 Å². The maximum Gasteiger partial charge on any atom is 0.141 e. The average Bonchev–Trinajstić information content (AvgIpc) is 2.94. The van der Waals surface area contributed by atoms with Gasteiger partial charge in [0.05, 0.1) is 6.20 Å². The molecule has 1 aliphatic carbocycles. The molecule has 0 aromatic carbocycles. The molecule has 1 aromatic heterocycles. The Bertz CT molecular complexity index is 499. The first-order valence-electron chi connectivity index (χ1n) is 8.15. The highest BCUT2D eigenvalue weighted by atomic mass is 19.1. The van der Waals surface area contributed by atoms with Gasteiger partial charge in [-0.25, -0.2) is 4.39 Å². The number of pyridine rings is 1. The fourth-order valence-corrected chi connectivity index (χ4v) is 3.88. The molecule has 116 valence electrons. The predicted octanol–water partition coefficient (Wildman–Crippen LogP) is 3.11. The van der Waals surface area contributed by atoms with E-state index in [0.717, 1.165) is 31.6 Å². The van der Waals surface area contributed by atoms with Gasteiger partial charge in [0.15, 0.2) is 0 Å². The van der Waals surface area contributed by atoms with E-state index in [1.807, 2.05) is 0 Å². The summed E-state index contributed by atoms with van der Waals surface area (Å²) < 4.78 is 13.4. The van der Waals surface area contributed by atoms with Crippen LogP contribution in [0.5, 0.6) is 0 Å². The maximum absolute atomic E-state index is 13.4. The van der Waals surface area contributed by atoms with Crippen molar-refractivity contribution in [3.63, 3.8) is 0 Å². The molecule has 0 radical (unpaired) electrons. The number of nitrogens with one attached hydrogen (secondary N) is 1. The van der Waals surface area contributed by atoms with Crippen molar-refractivity contribution >= 4 is 0 Å². The van der Waals surface area contributed by atoms with Gasteiger partial charge in [-0.15, -0.1) is 0 Å². The van der Waals surface area contributed by atoms with Gasteiger partial charge in [0.1, 0.15) is 5.82 Å². The lowest BCUT2D eigenvalue weighted by Crippen LogP contribution is -2.67. The summed E-state index contributed by atoms with van der Waals surface area (Å²) in [5.74, 6) is -0.235. The summed E-state index contributed by atoms with van der Waals surface area (Å²) in [7, 11) is 0. The van der Waals surface area contributed by atoms with Crippen molar-refractivity contribution in [2.45, 2.75) is 63.6 Å². The molecule has 0 amide bonds. The molecule has 1 unspecified atom stereocenters. The molecule has 1 aliphatic heterocycles. The molecule has 4 heteroatoms. The molecular formula is C17H26FN3. The van der Waals surface area contributed by atoms with Crippen molar-refractivity contribution in [3.8, 4) is 0 Å². The third kappa shape index (κ3) is 2.97. The van der Waals surface area contributed by atoms with Crippen LogP contribution < -0.4 is 5.32 Å². The van der Waals surface area contributed by atoms with Crippen LogP contribution in [-0.2, 0) is 6.54 Å². The fourth-order valence-electron chi connectivity index (χ4n) is 3.88.